The molecular weight excluding hydrogens is 276 g/mol. The van der Waals surface area contributed by atoms with Crippen LogP contribution in [0.5, 0.6) is 0 Å². The van der Waals surface area contributed by atoms with Gasteiger partial charge in [-0.3, -0.25) is 4.79 Å². The summed E-state index contributed by atoms with van der Waals surface area (Å²) in [6.07, 6.45) is 1.44. The van der Waals surface area contributed by atoms with Crippen molar-refractivity contribution >= 4 is 21.1 Å². The van der Waals surface area contributed by atoms with Gasteiger partial charge in [0.1, 0.15) is 0 Å². The summed E-state index contributed by atoms with van der Waals surface area (Å²) in [6, 6.07) is 11.0. The number of fused-ring (bicyclic) bond motifs is 1. The Kier molecular flexibility index (Phi) is 2.76. The number of hydrogen-bond acceptors (Lipinski definition) is 3. The fraction of sp³-hybridized carbons (Fsp3) is 0.0714. The Hall–Kier alpha value is -2.34. The second-order valence-corrected chi connectivity index (χ2v) is 6.37. The van der Waals surface area contributed by atoms with Gasteiger partial charge in [0.25, 0.3) is 10.0 Å². The molecule has 0 amide bonds. The third kappa shape index (κ3) is 1.94. The van der Waals surface area contributed by atoms with E-state index in [1.165, 1.54) is 22.3 Å². The summed E-state index contributed by atoms with van der Waals surface area (Å²) in [5.74, 6) is 0. The molecule has 3 rings (SSSR count). The lowest BCUT2D eigenvalue weighted by molar-refractivity contribution is 0.589. The molecule has 0 saturated carbocycles. The second-order valence-electron chi connectivity index (χ2n) is 4.55. The number of benzene rings is 1. The largest absolute Gasteiger partial charge is 0.321 e. The molecular formula is C14H12N2O3S. The summed E-state index contributed by atoms with van der Waals surface area (Å²) in [4.78, 5) is 14.1. The summed E-state index contributed by atoms with van der Waals surface area (Å²) in [5.41, 5.74) is 1.67. The lowest BCUT2D eigenvalue weighted by atomic mass is 10.2. The number of aryl methyl sites for hydroxylation is 1. The first-order chi connectivity index (χ1) is 9.48. The average Bonchev–Trinajstić information content (AvgIpc) is 2.82. The molecule has 1 N–H and O–H groups in total. The Morgan fingerprint density at radius 2 is 1.70 bits per heavy atom. The summed E-state index contributed by atoms with van der Waals surface area (Å²) < 4.78 is 26.3. The highest BCUT2D eigenvalue weighted by molar-refractivity contribution is 7.90. The van der Waals surface area contributed by atoms with Gasteiger partial charge in [-0.15, -0.1) is 0 Å². The molecule has 0 unspecified atom stereocenters. The van der Waals surface area contributed by atoms with Crippen LogP contribution in [0.4, 0.5) is 0 Å². The molecule has 0 atom stereocenters. The van der Waals surface area contributed by atoms with Crippen molar-refractivity contribution in [3.63, 3.8) is 0 Å². The predicted octanol–water partition coefficient (Wildman–Crippen LogP) is 1.88. The number of pyridine rings is 1. The maximum Gasteiger partial charge on any atom is 0.268 e. The molecule has 0 aliphatic heterocycles. The van der Waals surface area contributed by atoms with E-state index in [0.29, 0.717) is 11.0 Å². The minimum absolute atomic E-state index is 0.215. The standard InChI is InChI=1S/C14H12N2O3S/c1-10-2-4-11(5-3-10)20(18,19)16-9-8-12-13(16)6-7-14(17)15-12/h2-9H,1H3,(H,15,17). The maximum atomic E-state index is 12.6. The van der Waals surface area contributed by atoms with Gasteiger partial charge in [0.15, 0.2) is 0 Å². The molecule has 2 heterocycles. The number of aromatic nitrogens is 2. The second kappa shape index (κ2) is 4.35. The molecule has 0 spiro atoms. The molecule has 1 aromatic carbocycles. The van der Waals surface area contributed by atoms with Gasteiger partial charge in [-0.25, -0.2) is 12.4 Å². The van der Waals surface area contributed by atoms with Gasteiger partial charge in [-0.2, -0.15) is 0 Å². The Balaban J connectivity index is 2.24. The lowest BCUT2D eigenvalue weighted by Crippen LogP contribution is -2.12. The van der Waals surface area contributed by atoms with Gasteiger partial charge < -0.3 is 4.98 Å². The SMILES string of the molecule is Cc1ccc(S(=O)(=O)n2ccc3[nH]c(=O)ccc32)cc1. The van der Waals surface area contributed by atoms with Gasteiger partial charge >= 0.3 is 0 Å². The van der Waals surface area contributed by atoms with E-state index in [2.05, 4.69) is 4.98 Å². The molecule has 0 aliphatic rings. The first-order valence-corrected chi connectivity index (χ1v) is 7.45. The third-order valence-electron chi connectivity index (χ3n) is 3.12. The highest BCUT2D eigenvalue weighted by Crippen LogP contribution is 2.20. The van der Waals surface area contributed by atoms with Crippen LogP contribution in [0.15, 0.2) is 58.4 Å². The topological polar surface area (TPSA) is 71.9 Å². The van der Waals surface area contributed by atoms with Gasteiger partial charge in [-0.05, 0) is 31.2 Å². The van der Waals surface area contributed by atoms with Crippen LogP contribution in [0.25, 0.3) is 11.0 Å². The Bertz CT molecular complexity index is 934. The van der Waals surface area contributed by atoms with Crippen LogP contribution in [-0.4, -0.2) is 17.4 Å². The van der Waals surface area contributed by atoms with Crippen LogP contribution in [0.2, 0.25) is 0 Å². The highest BCUT2D eigenvalue weighted by atomic mass is 32.2. The zero-order valence-corrected chi connectivity index (χ0v) is 11.5. The smallest absolute Gasteiger partial charge is 0.268 e. The van der Waals surface area contributed by atoms with Crippen molar-refractivity contribution in [3.05, 3.63) is 64.6 Å². The molecule has 0 aliphatic carbocycles. The third-order valence-corrected chi connectivity index (χ3v) is 4.82. The van der Waals surface area contributed by atoms with Crippen molar-refractivity contribution in [2.24, 2.45) is 0 Å². The summed E-state index contributed by atoms with van der Waals surface area (Å²) in [6.45, 7) is 1.90. The lowest BCUT2D eigenvalue weighted by Gasteiger charge is -2.07. The minimum Gasteiger partial charge on any atom is -0.321 e. The number of aromatic amines is 1. The van der Waals surface area contributed by atoms with Crippen molar-refractivity contribution < 1.29 is 8.42 Å². The molecule has 2 aromatic heterocycles. The first kappa shape index (κ1) is 12.7. The fourth-order valence-corrected chi connectivity index (χ4v) is 3.40. The molecule has 3 aromatic rings. The first-order valence-electron chi connectivity index (χ1n) is 6.01. The van der Waals surface area contributed by atoms with E-state index in [0.717, 1.165) is 5.56 Å². The number of nitrogens with zero attached hydrogens (tertiary/aromatic N) is 1. The number of nitrogens with one attached hydrogen (secondary N) is 1. The predicted molar refractivity (Wildman–Crippen MR) is 76.3 cm³/mol. The van der Waals surface area contributed by atoms with Gasteiger partial charge in [0.2, 0.25) is 5.56 Å². The van der Waals surface area contributed by atoms with E-state index >= 15 is 0 Å². The molecule has 20 heavy (non-hydrogen) atoms. The summed E-state index contributed by atoms with van der Waals surface area (Å²) in [5, 5.41) is 0. The summed E-state index contributed by atoms with van der Waals surface area (Å²) >= 11 is 0. The minimum atomic E-state index is -3.66. The van der Waals surface area contributed by atoms with Crippen molar-refractivity contribution in [2.45, 2.75) is 11.8 Å². The molecule has 0 radical (unpaired) electrons. The van der Waals surface area contributed by atoms with Gasteiger partial charge in [0, 0.05) is 12.3 Å². The Morgan fingerprint density at radius 1 is 1.00 bits per heavy atom. The van der Waals surface area contributed by atoms with E-state index < -0.39 is 10.0 Å². The quantitative estimate of drug-likeness (QED) is 0.782. The zero-order valence-electron chi connectivity index (χ0n) is 10.7. The van der Waals surface area contributed by atoms with Crippen LogP contribution in [0, 0.1) is 6.92 Å². The van der Waals surface area contributed by atoms with Gasteiger partial charge in [-0.1, -0.05) is 17.7 Å². The van der Waals surface area contributed by atoms with Crippen LogP contribution in [0.1, 0.15) is 5.56 Å². The Labute approximate surface area is 115 Å². The molecule has 6 heteroatoms. The van der Waals surface area contributed by atoms with E-state index in [9.17, 15) is 13.2 Å². The fourth-order valence-electron chi connectivity index (χ4n) is 2.06. The summed E-state index contributed by atoms with van der Waals surface area (Å²) in [7, 11) is -3.66. The van der Waals surface area contributed by atoms with Crippen molar-refractivity contribution in [1.82, 2.24) is 8.96 Å². The van der Waals surface area contributed by atoms with Crippen LogP contribution < -0.4 is 5.56 Å². The molecule has 102 valence electrons. The van der Waals surface area contributed by atoms with E-state index in [1.807, 2.05) is 6.92 Å². The number of hydrogen-bond donors (Lipinski definition) is 1. The van der Waals surface area contributed by atoms with Crippen molar-refractivity contribution in [2.75, 3.05) is 0 Å². The van der Waals surface area contributed by atoms with Crippen molar-refractivity contribution in [3.8, 4) is 0 Å². The van der Waals surface area contributed by atoms with E-state index in [-0.39, 0.29) is 10.5 Å². The molecule has 0 fully saturated rings. The van der Waals surface area contributed by atoms with Crippen LogP contribution in [-0.2, 0) is 10.0 Å². The maximum absolute atomic E-state index is 12.6. The van der Waals surface area contributed by atoms with Crippen molar-refractivity contribution in [1.29, 1.82) is 0 Å². The molecule has 0 bridgehead atoms. The molecule has 5 nitrogen and oxygen atoms in total. The number of H-pyrrole nitrogens is 1. The van der Waals surface area contributed by atoms with E-state index in [1.54, 1.807) is 30.3 Å². The monoisotopic (exact) mass is 288 g/mol. The van der Waals surface area contributed by atoms with Gasteiger partial charge in [0.05, 0.1) is 15.9 Å². The van der Waals surface area contributed by atoms with E-state index in [4.69, 9.17) is 0 Å². The normalized spacial score (nSPS) is 11.8. The average molecular weight is 288 g/mol. The number of rotatable bonds is 2. The molecule has 0 saturated heterocycles. The highest BCUT2D eigenvalue weighted by Gasteiger charge is 2.18. The van der Waals surface area contributed by atoms with Crippen LogP contribution >= 0.6 is 0 Å². The zero-order chi connectivity index (χ0) is 14.3. The van der Waals surface area contributed by atoms with Crippen LogP contribution in [0.3, 0.4) is 0 Å². The Morgan fingerprint density at radius 3 is 2.40 bits per heavy atom.